The van der Waals surface area contributed by atoms with Gasteiger partial charge in [0.1, 0.15) is 4.75 Å². The second kappa shape index (κ2) is 5.01. The van der Waals surface area contributed by atoms with Gasteiger partial charge in [0.15, 0.2) is 11.8 Å². The Morgan fingerprint density at radius 3 is 2.35 bits per heavy atom. The van der Waals surface area contributed by atoms with Crippen molar-refractivity contribution >= 4 is 21.4 Å². The normalized spacial score (nSPS) is 20.4. The van der Waals surface area contributed by atoms with Gasteiger partial charge in [0.25, 0.3) is 10.0 Å². The van der Waals surface area contributed by atoms with Gasteiger partial charge in [0.2, 0.25) is 0 Å². The number of sulfonamides is 1. The molecule has 116 valence electrons. The van der Waals surface area contributed by atoms with Gasteiger partial charge in [-0.2, -0.15) is 9.19 Å². The quantitative estimate of drug-likeness (QED) is 0.265. The molecule has 0 saturated heterocycles. The van der Waals surface area contributed by atoms with Gasteiger partial charge in [-0.1, -0.05) is 42.5 Å². The van der Waals surface area contributed by atoms with Crippen molar-refractivity contribution in [3.8, 4) is 0 Å². The Morgan fingerprint density at radius 1 is 1.22 bits per heavy atom. The number of hydrogen-bond acceptors (Lipinski definition) is 4. The summed E-state index contributed by atoms with van der Waals surface area (Å²) in [7, 11) is -4.13. The predicted molar refractivity (Wildman–Crippen MR) is 81.8 cm³/mol. The highest BCUT2D eigenvalue weighted by atomic mass is 32.2. The third-order valence-corrected chi connectivity index (χ3v) is 5.34. The highest BCUT2D eigenvalue weighted by molar-refractivity contribution is 7.94. The van der Waals surface area contributed by atoms with E-state index < -0.39 is 19.7 Å². The van der Waals surface area contributed by atoms with Crippen molar-refractivity contribution in [3.63, 3.8) is 0 Å². The van der Waals surface area contributed by atoms with Crippen LogP contribution in [0.3, 0.4) is 0 Å². The number of nitrogens with zero attached hydrogens (tertiary/aromatic N) is 4. The Labute approximate surface area is 131 Å². The van der Waals surface area contributed by atoms with Crippen LogP contribution in [0.5, 0.6) is 0 Å². The van der Waals surface area contributed by atoms with Gasteiger partial charge in [-0.3, -0.25) is 10.1 Å². The van der Waals surface area contributed by atoms with Gasteiger partial charge in [0.05, 0.1) is 0 Å². The summed E-state index contributed by atoms with van der Waals surface area (Å²) in [4.78, 5) is 13.2. The molecule has 1 heterocycles. The lowest BCUT2D eigenvalue weighted by Gasteiger charge is -2.24. The molecule has 0 saturated carbocycles. The minimum Gasteiger partial charge on any atom is -0.361 e. The molecule has 8 nitrogen and oxygen atoms in total. The van der Waals surface area contributed by atoms with E-state index in [0.717, 1.165) is 24.3 Å². The summed E-state index contributed by atoms with van der Waals surface area (Å²) in [5.74, 6) is 0. The van der Waals surface area contributed by atoms with Crippen molar-refractivity contribution in [2.24, 2.45) is 4.40 Å². The lowest BCUT2D eigenvalue weighted by Crippen LogP contribution is -2.42. The summed E-state index contributed by atoms with van der Waals surface area (Å²) in [6.45, 7) is 0. The molecule has 1 aromatic carbocycles. The molecule has 1 aliphatic heterocycles. The maximum atomic E-state index is 12.5. The van der Waals surface area contributed by atoms with E-state index in [1.54, 1.807) is 30.3 Å². The molecule has 0 bridgehead atoms. The minimum absolute atomic E-state index is 0.00644. The second-order valence-corrected chi connectivity index (χ2v) is 6.68. The summed E-state index contributed by atoms with van der Waals surface area (Å²) in [6.07, 6.45) is 4.34. The monoisotopic (exact) mass is 329 g/mol. The predicted octanol–water partition coefficient (Wildman–Crippen LogP) is 1.16. The van der Waals surface area contributed by atoms with Crippen molar-refractivity contribution in [2.45, 2.75) is 4.75 Å². The Bertz CT molecular complexity index is 911. The average Bonchev–Trinajstić information content (AvgIpc) is 2.76. The van der Waals surface area contributed by atoms with Crippen LogP contribution in [0.25, 0.3) is 5.53 Å². The topological polar surface area (TPSA) is 126 Å². The molecule has 0 N–H and O–H groups in total. The van der Waals surface area contributed by atoms with E-state index in [1.165, 1.54) is 0 Å². The fraction of sp³-hybridized carbons (Fsp3) is 0.0714. The Morgan fingerprint density at radius 2 is 1.83 bits per heavy atom. The molecule has 0 amide bonds. The average molecular weight is 329 g/mol. The second-order valence-electron chi connectivity index (χ2n) is 4.87. The van der Waals surface area contributed by atoms with Crippen LogP contribution in [0.4, 0.5) is 0 Å². The van der Waals surface area contributed by atoms with Gasteiger partial charge in [-0.25, -0.2) is 8.42 Å². The number of hydrogen-bond donors (Lipinski definition) is 0. The fourth-order valence-electron chi connectivity index (χ4n) is 2.44. The van der Waals surface area contributed by atoms with E-state index in [2.05, 4.69) is 9.19 Å². The highest BCUT2D eigenvalue weighted by Gasteiger charge is 2.54. The molecule has 0 radical (unpaired) electrons. The fourth-order valence-corrected chi connectivity index (χ4v) is 3.88. The van der Waals surface area contributed by atoms with Crippen molar-refractivity contribution < 1.29 is 18.1 Å². The molecular formula is C14H9N4O4S-. The summed E-state index contributed by atoms with van der Waals surface area (Å²) in [6, 6.07) is 8.12. The molecule has 1 aromatic rings. The molecule has 2 aliphatic rings. The molecule has 0 aromatic heterocycles. The molecule has 0 unspecified atom stereocenters. The van der Waals surface area contributed by atoms with E-state index in [1.807, 2.05) is 0 Å². The van der Waals surface area contributed by atoms with Gasteiger partial charge in [0, 0.05) is 10.5 Å². The third kappa shape index (κ3) is 2.10. The molecule has 1 aliphatic carbocycles. The number of benzene rings is 1. The van der Waals surface area contributed by atoms with E-state index >= 15 is 0 Å². The zero-order valence-electron chi connectivity index (χ0n) is 11.5. The first kappa shape index (κ1) is 14.9. The maximum Gasteiger partial charge on any atom is 0.326 e. The van der Waals surface area contributed by atoms with Crippen molar-refractivity contribution in [1.82, 2.24) is 0 Å². The smallest absolute Gasteiger partial charge is 0.326 e. The lowest BCUT2D eigenvalue weighted by molar-refractivity contribution is -0.448. The Balaban J connectivity index is 2.16. The van der Waals surface area contributed by atoms with Crippen molar-refractivity contribution in [2.75, 3.05) is 0 Å². The van der Waals surface area contributed by atoms with Crippen molar-refractivity contribution in [3.05, 3.63) is 81.9 Å². The van der Waals surface area contributed by atoms with Crippen LogP contribution in [0, 0.1) is 16.2 Å². The molecular weight excluding hydrogens is 320 g/mol. The molecule has 9 heteroatoms. The van der Waals surface area contributed by atoms with Crippen LogP contribution in [-0.2, 0) is 10.0 Å². The first-order chi connectivity index (χ1) is 10.9. The standard InChI is InChI=1S/C14H9N4O4S/c15-16-13-12(10-4-2-1-3-5-10)17-23(21,22)14(13)8-6-11(7-9-14)18(19)20/h1-9H/q-1. The highest BCUT2D eigenvalue weighted by Crippen LogP contribution is 2.36. The largest absolute Gasteiger partial charge is 0.361 e. The van der Waals surface area contributed by atoms with Crippen LogP contribution < -0.4 is 0 Å². The van der Waals surface area contributed by atoms with Crippen molar-refractivity contribution in [1.29, 1.82) is 0 Å². The SMILES string of the molecule is [N-]=[N+]=C1C(c2ccccc2)=NS(=O)(=O)C12C=C[C-]([N+](=O)[O-])C=C2. The third-order valence-electron chi connectivity index (χ3n) is 3.59. The molecule has 23 heavy (non-hydrogen) atoms. The van der Waals surface area contributed by atoms with Crippen LogP contribution in [0.15, 0.2) is 59.0 Å². The summed E-state index contributed by atoms with van der Waals surface area (Å²) in [5, 5.41) is 10.8. The Kier molecular flexibility index (Phi) is 3.24. The van der Waals surface area contributed by atoms with E-state index in [0.29, 0.717) is 5.56 Å². The van der Waals surface area contributed by atoms with Gasteiger partial charge in [-0.05, 0) is 0 Å². The molecule has 0 atom stereocenters. The first-order valence-electron chi connectivity index (χ1n) is 6.44. The number of rotatable bonds is 2. The van der Waals surface area contributed by atoms with Gasteiger partial charge in [-0.15, -0.1) is 12.2 Å². The minimum atomic E-state index is -4.13. The van der Waals surface area contributed by atoms with E-state index in [9.17, 15) is 24.1 Å². The molecule has 3 rings (SSSR count). The van der Waals surface area contributed by atoms with E-state index in [4.69, 9.17) is 0 Å². The summed E-state index contributed by atoms with van der Waals surface area (Å²) < 4.78 is 26.9. The maximum absolute atomic E-state index is 12.5. The van der Waals surface area contributed by atoms with Gasteiger partial charge >= 0.3 is 5.71 Å². The van der Waals surface area contributed by atoms with Crippen LogP contribution in [0.2, 0.25) is 0 Å². The zero-order chi connectivity index (χ0) is 16.7. The zero-order valence-corrected chi connectivity index (χ0v) is 12.3. The van der Waals surface area contributed by atoms with Gasteiger partial charge < -0.3 is 5.53 Å². The van der Waals surface area contributed by atoms with Crippen LogP contribution in [0.1, 0.15) is 5.56 Å². The molecule has 1 spiro atoms. The lowest BCUT2D eigenvalue weighted by atomic mass is 9.90. The van der Waals surface area contributed by atoms with E-state index in [-0.39, 0.29) is 17.5 Å². The molecule has 0 fully saturated rings. The van der Waals surface area contributed by atoms with Crippen LogP contribution >= 0.6 is 0 Å². The summed E-state index contributed by atoms with van der Waals surface area (Å²) in [5.41, 5.74) is 9.63. The number of nitro groups is 1. The first-order valence-corrected chi connectivity index (χ1v) is 7.88. The Hall–Kier alpha value is -3.03. The summed E-state index contributed by atoms with van der Waals surface area (Å²) >= 11 is 0. The van der Waals surface area contributed by atoms with Crippen LogP contribution in [-0.4, -0.2) is 34.3 Å².